The zero-order chi connectivity index (χ0) is 26.7. The Labute approximate surface area is 225 Å². The summed E-state index contributed by atoms with van der Waals surface area (Å²) in [5, 5.41) is 1.12. The van der Waals surface area contributed by atoms with E-state index in [2.05, 4.69) is 29.8 Å². The maximum atomic E-state index is 12.1. The summed E-state index contributed by atoms with van der Waals surface area (Å²) in [7, 11) is 0. The van der Waals surface area contributed by atoms with Crippen LogP contribution in [0.15, 0.2) is 30.5 Å². The molecule has 0 radical (unpaired) electrons. The van der Waals surface area contributed by atoms with Gasteiger partial charge in [-0.2, -0.15) is 0 Å². The fourth-order valence-electron chi connectivity index (χ4n) is 5.70. The van der Waals surface area contributed by atoms with Crippen LogP contribution in [0.5, 0.6) is 5.75 Å². The fourth-order valence-corrected chi connectivity index (χ4v) is 5.70. The van der Waals surface area contributed by atoms with Crippen molar-refractivity contribution in [1.82, 2.24) is 9.88 Å². The molecule has 1 aromatic carbocycles. The van der Waals surface area contributed by atoms with Crippen molar-refractivity contribution in [2.45, 2.75) is 104 Å². The van der Waals surface area contributed by atoms with Crippen LogP contribution in [0.1, 0.15) is 98.0 Å². The van der Waals surface area contributed by atoms with Crippen molar-refractivity contribution in [3.63, 3.8) is 0 Å². The predicted molar refractivity (Wildman–Crippen MR) is 153 cm³/mol. The first-order valence-electron chi connectivity index (χ1n) is 14.7. The van der Waals surface area contributed by atoms with E-state index >= 15 is 0 Å². The topological polar surface area (TPSA) is 51.7 Å². The molecule has 1 saturated heterocycles. The third-order valence-electron chi connectivity index (χ3n) is 7.68. The van der Waals surface area contributed by atoms with Crippen LogP contribution in [-0.4, -0.2) is 47.7 Å². The molecule has 0 bridgehead atoms. The van der Waals surface area contributed by atoms with E-state index in [1.165, 1.54) is 83.0 Å². The molecule has 1 aliphatic heterocycles. The van der Waals surface area contributed by atoms with Crippen molar-refractivity contribution in [1.29, 1.82) is 0 Å². The Balaban J connectivity index is 1.50. The van der Waals surface area contributed by atoms with E-state index in [9.17, 15) is 4.79 Å². The molecule has 0 unspecified atom stereocenters. The molecule has 206 valence electrons. The normalized spacial score (nSPS) is 18.7. The molecule has 2 atom stereocenters. The highest BCUT2D eigenvalue weighted by atomic mass is 16.6. The molecule has 0 saturated carbocycles. The van der Waals surface area contributed by atoms with Gasteiger partial charge in [-0.3, -0.25) is 4.98 Å². The van der Waals surface area contributed by atoms with Crippen LogP contribution in [-0.2, 0) is 16.0 Å². The van der Waals surface area contributed by atoms with Gasteiger partial charge in [0.05, 0.1) is 5.52 Å². The maximum Gasteiger partial charge on any atom is 0.344 e. The van der Waals surface area contributed by atoms with Crippen molar-refractivity contribution in [3.8, 4) is 5.75 Å². The van der Waals surface area contributed by atoms with Crippen molar-refractivity contribution in [2.24, 2.45) is 11.8 Å². The van der Waals surface area contributed by atoms with Crippen molar-refractivity contribution >= 4 is 16.9 Å². The zero-order valence-corrected chi connectivity index (χ0v) is 24.1. The van der Waals surface area contributed by atoms with Crippen LogP contribution in [0.2, 0.25) is 0 Å². The number of piperidine rings is 1. The lowest BCUT2D eigenvalue weighted by Gasteiger charge is -2.38. The summed E-state index contributed by atoms with van der Waals surface area (Å²) in [5.74, 6) is 1.99. The van der Waals surface area contributed by atoms with Gasteiger partial charge in [-0.1, -0.05) is 46.0 Å². The molecule has 0 spiro atoms. The van der Waals surface area contributed by atoms with Crippen LogP contribution in [0.25, 0.3) is 10.9 Å². The molecule has 0 N–H and O–H groups in total. The number of hydrogen-bond donors (Lipinski definition) is 0. The number of unbranched alkanes of at least 4 members (excludes halogenated alkanes) is 4. The van der Waals surface area contributed by atoms with Crippen LogP contribution in [0.3, 0.4) is 0 Å². The number of fused-ring (bicyclic) bond motifs is 1. The number of rotatable bonds is 14. The van der Waals surface area contributed by atoms with Crippen LogP contribution in [0.4, 0.5) is 0 Å². The van der Waals surface area contributed by atoms with Crippen LogP contribution >= 0.6 is 0 Å². The number of pyridine rings is 1. The lowest BCUT2D eigenvalue weighted by atomic mass is 9.80. The Morgan fingerprint density at radius 1 is 1.05 bits per heavy atom. The average molecular weight is 511 g/mol. The van der Waals surface area contributed by atoms with Crippen LogP contribution in [0, 0.1) is 11.8 Å². The van der Waals surface area contributed by atoms with Gasteiger partial charge in [0.2, 0.25) is 0 Å². The van der Waals surface area contributed by atoms with Gasteiger partial charge in [-0.05, 0) is 108 Å². The van der Waals surface area contributed by atoms with Gasteiger partial charge in [0.25, 0.3) is 0 Å². The standard InChI is InChI=1S/C32H50N2O3/c1-6-8-9-10-11-20-34-21-18-26(25(7-2)23-34)13-12-14-27-17-19-33-30-16-15-28(22-29(27)30)36-24-31(35)37-32(3,4)5/h15-17,19,22,25-26H,6-14,18,20-21,23-24H2,1-5H3/t25-,26+/m0/s1. The number of benzene rings is 1. The molecule has 0 amide bonds. The molecule has 37 heavy (non-hydrogen) atoms. The number of carbonyl (C=O) groups is 1. The Morgan fingerprint density at radius 2 is 1.86 bits per heavy atom. The zero-order valence-electron chi connectivity index (χ0n) is 24.1. The van der Waals surface area contributed by atoms with Crippen molar-refractivity contribution in [2.75, 3.05) is 26.2 Å². The first-order valence-corrected chi connectivity index (χ1v) is 14.7. The lowest BCUT2D eigenvalue weighted by molar-refractivity contribution is -0.157. The molecule has 1 fully saturated rings. The van der Waals surface area contributed by atoms with Gasteiger partial charge < -0.3 is 14.4 Å². The number of aromatic nitrogens is 1. The number of likely N-dealkylation sites (tertiary alicyclic amines) is 1. The monoisotopic (exact) mass is 510 g/mol. The number of ether oxygens (including phenoxy) is 2. The summed E-state index contributed by atoms with van der Waals surface area (Å²) in [5.41, 5.74) is 1.77. The van der Waals surface area contributed by atoms with Gasteiger partial charge in [0, 0.05) is 18.1 Å². The highest BCUT2D eigenvalue weighted by Crippen LogP contribution is 2.31. The summed E-state index contributed by atoms with van der Waals surface area (Å²) < 4.78 is 11.1. The molecule has 5 heteroatoms. The summed E-state index contributed by atoms with van der Waals surface area (Å²) >= 11 is 0. The minimum atomic E-state index is -0.511. The number of nitrogens with zero attached hydrogens (tertiary/aromatic N) is 2. The van der Waals surface area contributed by atoms with E-state index in [1.54, 1.807) is 0 Å². The third kappa shape index (κ3) is 9.92. The fraction of sp³-hybridized carbons (Fsp3) is 0.688. The minimum absolute atomic E-state index is 0.0891. The van der Waals surface area contributed by atoms with E-state index < -0.39 is 5.60 Å². The summed E-state index contributed by atoms with van der Waals surface area (Å²) in [6.07, 6.45) is 14.9. The molecule has 0 aliphatic carbocycles. The van der Waals surface area contributed by atoms with E-state index in [0.29, 0.717) is 5.75 Å². The smallest absolute Gasteiger partial charge is 0.344 e. The largest absolute Gasteiger partial charge is 0.482 e. The number of carbonyl (C=O) groups excluding carboxylic acids is 1. The highest BCUT2D eigenvalue weighted by molar-refractivity contribution is 5.83. The minimum Gasteiger partial charge on any atom is -0.482 e. The molecule has 1 aromatic heterocycles. The second kappa shape index (κ2) is 14.7. The van der Waals surface area contributed by atoms with Crippen molar-refractivity contribution < 1.29 is 14.3 Å². The van der Waals surface area contributed by atoms with Gasteiger partial charge in [0.1, 0.15) is 11.4 Å². The molecular formula is C32H50N2O3. The van der Waals surface area contributed by atoms with Gasteiger partial charge in [-0.25, -0.2) is 4.79 Å². The van der Waals surface area contributed by atoms with E-state index in [-0.39, 0.29) is 12.6 Å². The second-order valence-electron chi connectivity index (χ2n) is 11.8. The predicted octanol–water partition coefficient (Wildman–Crippen LogP) is 7.60. The highest BCUT2D eigenvalue weighted by Gasteiger charge is 2.27. The molecule has 2 aromatic rings. The number of aryl methyl sites for hydroxylation is 1. The Kier molecular flexibility index (Phi) is 11.7. The first kappa shape index (κ1) is 29.4. The molecule has 1 aliphatic rings. The molecule has 5 nitrogen and oxygen atoms in total. The van der Waals surface area contributed by atoms with E-state index in [1.807, 2.05) is 45.2 Å². The SMILES string of the molecule is CCCCCCCN1CC[C@@H](CCCc2ccnc3ccc(OCC(=O)OC(C)(C)C)cc23)[C@@H](CC)C1. The van der Waals surface area contributed by atoms with Gasteiger partial charge >= 0.3 is 5.97 Å². The number of hydrogen-bond acceptors (Lipinski definition) is 5. The van der Waals surface area contributed by atoms with E-state index in [0.717, 1.165) is 29.2 Å². The second-order valence-corrected chi connectivity index (χ2v) is 11.8. The average Bonchev–Trinajstić information content (AvgIpc) is 2.87. The quantitative estimate of drug-likeness (QED) is 0.193. The Bertz CT molecular complexity index is 968. The molecule has 2 heterocycles. The first-order chi connectivity index (χ1) is 17.8. The van der Waals surface area contributed by atoms with Gasteiger partial charge in [0.15, 0.2) is 6.61 Å². The number of esters is 1. The molecular weight excluding hydrogens is 460 g/mol. The molecule has 3 rings (SSSR count). The van der Waals surface area contributed by atoms with Crippen molar-refractivity contribution in [3.05, 3.63) is 36.0 Å². The Morgan fingerprint density at radius 3 is 2.62 bits per heavy atom. The Hall–Kier alpha value is -2.14. The van der Waals surface area contributed by atoms with Gasteiger partial charge in [-0.15, -0.1) is 0 Å². The maximum absolute atomic E-state index is 12.1. The lowest BCUT2D eigenvalue weighted by Crippen LogP contribution is -2.40. The summed E-state index contributed by atoms with van der Waals surface area (Å²) in [6, 6.07) is 8.02. The summed E-state index contributed by atoms with van der Waals surface area (Å²) in [4.78, 5) is 19.3. The van der Waals surface area contributed by atoms with E-state index in [4.69, 9.17) is 9.47 Å². The third-order valence-corrected chi connectivity index (χ3v) is 7.68. The van der Waals surface area contributed by atoms with Crippen LogP contribution < -0.4 is 4.74 Å². The summed E-state index contributed by atoms with van der Waals surface area (Å²) in [6.45, 7) is 14.0.